The Morgan fingerprint density at radius 3 is 2.47 bits per heavy atom. The summed E-state index contributed by atoms with van der Waals surface area (Å²) in [7, 11) is -3.45. The number of nitrogens with two attached hydrogens (primary N) is 1. The first-order valence-electron chi connectivity index (χ1n) is 14.6. The molecule has 242 valence electrons. The first kappa shape index (κ1) is 32.8. The Kier molecular flexibility index (Phi) is 9.77. The molecule has 4 atom stereocenters. The summed E-state index contributed by atoms with van der Waals surface area (Å²) >= 11 is 0. The van der Waals surface area contributed by atoms with Gasteiger partial charge < -0.3 is 25.2 Å². The number of nitrogens with zero attached hydrogens (tertiary/aromatic N) is 3. The van der Waals surface area contributed by atoms with Crippen molar-refractivity contribution in [1.29, 1.82) is 0 Å². The van der Waals surface area contributed by atoms with Crippen LogP contribution in [0.4, 0.5) is 19.1 Å². The van der Waals surface area contributed by atoms with E-state index in [1.54, 1.807) is 19.1 Å². The van der Waals surface area contributed by atoms with Gasteiger partial charge in [-0.2, -0.15) is 13.2 Å². The molecule has 45 heavy (non-hydrogen) atoms. The summed E-state index contributed by atoms with van der Waals surface area (Å²) in [5.41, 5.74) is 6.35. The summed E-state index contributed by atoms with van der Waals surface area (Å²) in [5.74, 6) is -1.62. The third kappa shape index (κ3) is 7.29. The average Bonchev–Trinajstić information content (AvgIpc) is 3.71. The molecule has 2 saturated heterocycles. The van der Waals surface area contributed by atoms with Gasteiger partial charge in [0.25, 0.3) is 5.91 Å². The zero-order valence-electron chi connectivity index (χ0n) is 24.6. The summed E-state index contributed by atoms with van der Waals surface area (Å²) in [4.78, 5) is 23.6. The molecule has 14 heteroatoms. The Bertz CT molecular complexity index is 1600. The molecule has 1 amide bonds. The van der Waals surface area contributed by atoms with Gasteiger partial charge in [0.15, 0.2) is 9.84 Å². The molecule has 2 aliphatic rings. The Balaban J connectivity index is 1.48. The van der Waals surface area contributed by atoms with E-state index in [1.165, 1.54) is 30.5 Å². The predicted octanol–water partition coefficient (Wildman–Crippen LogP) is 3.68. The molecule has 0 radical (unpaired) electrons. The average molecular weight is 649 g/mol. The fourth-order valence-electron chi connectivity index (χ4n) is 5.80. The fraction of sp³-hybridized carbons (Fsp3) is 0.452. The quantitative estimate of drug-likeness (QED) is 0.318. The van der Waals surface area contributed by atoms with Crippen LogP contribution in [0.25, 0.3) is 0 Å². The van der Waals surface area contributed by atoms with Crippen molar-refractivity contribution in [3.05, 3.63) is 82.7 Å². The SMILES string of the molecule is CCS(=O)(=O)c1ccc([C@@H](CO)c2nc(N3CC(c4ccc(C(F)(F)F)cc4)C[C@H]3CO[C@H]3CCOC3)ncc2C(N)=O)cc1. The van der Waals surface area contributed by atoms with Crippen molar-refractivity contribution >= 4 is 21.7 Å². The van der Waals surface area contributed by atoms with Crippen molar-refractivity contribution in [1.82, 2.24) is 9.97 Å². The zero-order valence-corrected chi connectivity index (χ0v) is 25.4. The van der Waals surface area contributed by atoms with Gasteiger partial charge in [-0.25, -0.2) is 18.4 Å². The number of amides is 1. The first-order chi connectivity index (χ1) is 21.4. The normalized spacial score (nSPS) is 21.3. The molecule has 1 unspecified atom stereocenters. The number of carbonyl (C=O) groups excluding carboxylic acids is 1. The topological polar surface area (TPSA) is 145 Å². The van der Waals surface area contributed by atoms with E-state index in [2.05, 4.69) is 4.98 Å². The Labute approximate surface area is 259 Å². The second-order valence-corrected chi connectivity index (χ2v) is 13.5. The van der Waals surface area contributed by atoms with Gasteiger partial charge in [0, 0.05) is 25.3 Å². The van der Waals surface area contributed by atoms with Crippen LogP contribution in [0.1, 0.15) is 64.3 Å². The van der Waals surface area contributed by atoms with Gasteiger partial charge in [0.2, 0.25) is 5.95 Å². The number of sulfone groups is 1. The summed E-state index contributed by atoms with van der Waals surface area (Å²) in [6.07, 6.45) is -1.93. The Morgan fingerprint density at radius 1 is 1.18 bits per heavy atom. The van der Waals surface area contributed by atoms with E-state index in [-0.39, 0.29) is 52.5 Å². The monoisotopic (exact) mass is 648 g/mol. The molecule has 0 aliphatic carbocycles. The number of benzene rings is 2. The summed E-state index contributed by atoms with van der Waals surface area (Å²) in [5, 5.41) is 10.4. The number of aliphatic hydroxyl groups is 1. The number of hydrogen-bond acceptors (Lipinski definition) is 9. The summed E-state index contributed by atoms with van der Waals surface area (Å²) in [6, 6.07) is 10.8. The van der Waals surface area contributed by atoms with Crippen molar-refractivity contribution in [3.63, 3.8) is 0 Å². The van der Waals surface area contributed by atoms with E-state index in [1.807, 2.05) is 4.90 Å². The van der Waals surface area contributed by atoms with E-state index in [4.69, 9.17) is 20.2 Å². The van der Waals surface area contributed by atoms with Gasteiger partial charge in [-0.05, 0) is 48.2 Å². The molecule has 2 aromatic carbocycles. The van der Waals surface area contributed by atoms with Crippen LogP contribution in [0, 0.1) is 0 Å². The van der Waals surface area contributed by atoms with E-state index >= 15 is 0 Å². The maximum absolute atomic E-state index is 13.2. The van der Waals surface area contributed by atoms with Crippen LogP contribution >= 0.6 is 0 Å². The number of aliphatic hydroxyl groups excluding tert-OH is 1. The van der Waals surface area contributed by atoms with Gasteiger partial charge in [-0.1, -0.05) is 31.2 Å². The van der Waals surface area contributed by atoms with E-state index < -0.39 is 40.0 Å². The Hall–Kier alpha value is -3.59. The summed E-state index contributed by atoms with van der Waals surface area (Å²) in [6.45, 7) is 2.81. The minimum atomic E-state index is -4.44. The van der Waals surface area contributed by atoms with Gasteiger partial charge in [0.1, 0.15) is 0 Å². The molecular formula is C31H35F3N4O6S. The highest BCUT2D eigenvalue weighted by Gasteiger charge is 2.37. The number of aromatic nitrogens is 2. The van der Waals surface area contributed by atoms with Crippen LogP contribution in [0.3, 0.4) is 0 Å². The zero-order chi connectivity index (χ0) is 32.4. The lowest BCUT2D eigenvalue weighted by molar-refractivity contribution is -0.137. The molecule has 3 aromatic rings. The molecule has 2 aliphatic heterocycles. The third-order valence-corrected chi connectivity index (χ3v) is 10.1. The van der Waals surface area contributed by atoms with Gasteiger partial charge in [0.05, 0.1) is 65.4 Å². The lowest BCUT2D eigenvalue weighted by atomic mass is 9.93. The van der Waals surface area contributed by atoms with Crippen molar-refractivity contribution in [2.45, 2.75) is 54.8 Å². The van der Waals surface area contributed by atoms with Crippen LogP contribution in [0.5, 0.6) is 0 Å². The minimum absolute atomic E-state index is 0.00236. The maximum atomic E-state index is 13.2. The lowest BCUT2D eigenvalue weighted by Gasteiger charge is -2.27. The van der Waals surface area contributed by atoms with E-state index in [0.717, 1.165) is 24.1 Å². The number of anilines is 1. The minimum Gasteiger partial charge on any atom is -0.395 e. The van der Waals surface area contributed by atoms with E-state index in [0.29, 0.717) is 31.7 Å². The number of carbonyl (C=O) groups is 1. The molecule has 0 bridgehead atoms. The van der Waals surface area contributed by atoms with Gasteiger partial charge in [-0.15, -0.1) is 0 Å². The van der Waals surface area contributed by atoms with Crippen LogP contribution in [0.15, 0.2) is 59.6 Å². The second kappa shape index (κ2) is 13.4. The van der Waals surface area contributed by atoms with Gasteiger partial charge in [-0.3, -0.25) is 4.79 Å². The molecule has 2 fully saturated rings. The standard InChI is InChI=1S/C31H35F3N4O6S/c1-2-45(41,42)25-9-5-20(6-10-25)27(16-39)28-26(29(35)40)14-36-30(37-28)38-15-21(13-23(38)17-44-24-11-12-43-18-24)19-3-7-22(8-4-19)31(32,33)34/h3-10,14,21,23-24,27,39H,2,11-13,15-18H2,1H3,(H2,35,40)/t21?,23-,24-,27+/m0/s1. The number of ether oxygens (including phenoxy) is 2. The smallest absolute Gasteiger partial charge is 0.395 e. The fourth-order valence-corrected chi connectivity index (χ4v) is 6.68. The number of rotatable bonds is 11. The number of primary amides is 1. The molecule has 0 spiro atoms. The molecule has 5 rings (SSSR count). The molecule has 3 heterocycles. The van der Waals surface area contributed by atoms with Crippen molar-refractivity contribution in [2.24, 2.45) is 5.73 Å². The van der Waals surface area contributed by atoms with E-state index in [9.17, 15) is 31.5 Å². The molecule has 1 aromatic heterocycles. The maximum Gasteiger partial charge on any atom is 0.416 e. The number of halogens is 3. The highest BCUT2D eigenvalue weighted by atomic mass is 32.2. The molecule has 10 nitrogen and oxygen atoms in total. The highest BCUT2D eigenvalue weighted by molar-refractivity contribution is 7.91. The van der Waals surface area contributed by atoms with Crippen LogP contribution in [0.2, 0.25) is 0 Å². The third-order valence-electron chi connectivity index (χ3n) is 8.40. The largest absolute Gasteiger partial charge is 0.416 e. The van der Waals surface area contributed by atoms with Crippen molar-refractivity contribution in [3.8, 4) is 0 Å². The van der Waals surface area contributed by atoms with Gasteiger partial charge >= 0.3 is 6.18 Å². The van der Waals surface area contributed by atoms with Crippen molar-refractivity contribution < 1.29 is 41.0 Å². The molecule has 0 saturated carbocycles. The summed E-state index contributed by atoms with van der Waals surface area (Å²) < 4.78 is 75.8. The predicted molar refractivity (Wildman–Crippen MR) is 159 cm³/mol. The molecule has 3 N–H and O–H groups in total. The van der Waals surface area contributed by atoms with Crippen LogP contribution in [-0.4, -0.2) is 80.3 Å². The lowest BCUT2D eigenvalue weighted by Crippen LogP contribution is -2.36. The highest BCUT2D eigenvalue weighted by Crippen LogP contribution is 2.37. The molecular weight excluding hydrogens is 613 g/mol. The number of alkyl halides is 3. The Morgan fingerprint density at radius 2 is 1.89 bits per heavy atom. The second-order valence-electron chi connectivity index (χ2n) is 11.2. The van der Waals surface area contributed by atoms with Crippen molar-refractivity contribution in [2.75, 3.05) is 43.6 Å². The van der Waals surface area contributed by atoms with Crippen LogP contribution in [-0.2, 0) is 25.5 Å². The van der Waals surface area contributed by atoms with Crippen LogP contribution < -0.4 is 10.6 Å². The number of hydrogen-bond donors (Lipinski definition) is 2. The first-order valence-corrected chi connectivity index (χ1v) is 16.3.